The Bertz CT molecular complexity index is 415. The van der Waals surface area contributed by atoms with E-state index in [4.69, 9.17) is 9.47 Å². The number of ether oxygens (including phenoxy) is 3. The van der Waals surface area contributed by atoms with Gasteiger partial charge in [-0.05, 0) is 39.7 Å². The van der Waals surface area contributed by atoms with Crippen molar-refractivity contribution in [3.8, 4) is 5.75 Å². The van der Waals surface area contributed by atoms with Crippen LogP contribution in [-0.4, -0.2) is 27.0 Å². The number of methoxy groups -OCH3 is 2. The Kier molecular flexibility index (Phi) is 5.56. The smallest absolute Gasteiger partial charge is 0.496 e. The van der Waals surface area contributed by atoms with Crippen LogP contribution in [0.15, 0.2) is 28.7 Å². The first-order valence-corrected chi connectivity index (χ1v) is 5.67. The molecular formula is C12H13BrO4. The highest BCUT2D eigenvalue weighted by molar-refractivity contribution is 9.10. The highest BCUT2D eigenvalue weighted by atomic mass is 79.9. The second-order valence-corrected chi connectivity index (χ2v) is 3.92. The highest BCUT2D eigenvalue weighted by Gasteiger charge is 1.99. The van der Waals surface area contributed by atoms with Crippen molar-refractivity contribution in [3.63, 3.8) is 0 Å². The SMILES string of the molecule is COC(=O)OCC=Cc1ccc(OC)c(Br)c1. The Labute approximate surface area is 108 Å². The first kappa shape index (κ1) is 13.6. The van der Waals surface area contributed by atoms with Crippen LogP contribution in [0.25, 0.3) is 6.08 Å². The molecule has 0 fully saturated rings. The van der Waals surface area contributed by atoms with E-state index in [1.54, 1.807) is 13.2 Å². The Morgan fingerprint density at radius 1 is 1.41 bits per heavy atom. The van der Waals surface area contributed by atoms with E-state index in [0.717, 1.165) is 15.8 Å². The van der Waals surface area contributed by atoms with Crippen LogP contribution in [0.4, 0.5) is 4.79 Å². The Hall–Kier alpha value is -1.49. The van der Waals surface area contributed by atoms with Gasteiger partial charge in [-0.15, -0.1) is 0 Å². The standard InChI is InChI=1S/C12H13BrO4/c1-15-11-6-5-9(8-10(11)13)4-3-7-17-12(14)16-2/h3-6,8H,7H2,1-2H3. The zero-order valence-corrected chi connectivity index (χ0v) is 11.2. The first-order chi connectivity index (χ1) is 8.17. The van der Waals surface area contributed by atoms with E-state index in [1.807, 2.05) is 24.3 Å². The molecule has 0 aromatic heterocycles. The molecule has 92 valence electrons. The van der Waals surface area contributed by atoms with Crippen LogP contribution in [0.5, 0.6) is 5.75 Å². The summed E-state index contributed by atoms with van der Waals surface area (Å²) < 4.78 is 15.0. The van der Waals surface area contributed by atoms with E-state index < -0.39 is 6.16 Å². The maximum absolute atomic E-state index is 10.7. The van der Waals surface area contributed by atoms with Crippen LogP contribution in [0, 0.1) is 0 Å². The Morgan fingerprint density at radius 3 is 2.76 bits per heavy atom. The van der Waals surface area contributed by atoms with E-state index in [-0.39, 0.29) is 6.61 Å². The normalized spacial score (nSPS) is 10.3. The number of halogens is 1. The van der Waals surface area contributed by atoms with Crippen LogP contribution >= 0.6 is 15.9 Å². The predicted molar refractivity (Wildman–Crippen MR) is 68.1 cm³/mol. The summed E-state index contributed by atoms with van der Waals surface area (Å²) in [5.74, 6) is 0.771. The molecule has 0 amide bonds. The van der Waals surface area contributed by atoms with Gasteiger partial charge in [-0.2, -0.15) is 0 Å². The number of benzene rings is 1. The van der Waals surface area contributed by atoms with E-state index in [2.05, 4.69) is 20.7 Å². The van der Waals surface area contributed by atoms with E-state index in [0.29, 0.717) is 0 Å². The monoisotopic (exact) mass is 300 g/mol. The minimum atomic E-state index is -0.689. The lowest BCUT2D eigenvalue weighted by atomic mass is 10.2. The summed E-state index contributed by atoms with van der Waals surface area (Å²) in [6, 6.07) is 5.66. The minimum absolute atomic E-state index is 0.177. The summed E-state index contributed by atoms with van der Waals surface area (Å²) >= 11 is 3.39. The molecule has 0 aliphatic heterocycles. The molecule has 1 aromatic rings. The van der Waals surface area contributed by atoms with Gasteiger partial charge in [-0.3, -0.25) is 0 Å². The Morgan fingerprint density at radius 2 is 2.18 bits per heavy atom. The number of hydrogen-bond donors (Lipinski definition) is 0. The molecule has 1 aromatic carbocycles. The lowest BCUT2D eigenvalue weighted by Gasteiger charge is -2.03. The molecule has 0 aliphatic carbocycles. The third kappa shape index (κ3) is 4.48. The van der Waals surface area contributed by atoms with Gasteiger partial charge >= 0.3 is 6.16 Å². The summed E-state index contributed by atoms with van der Waals surface area (Å²) in [6.07, 6.45) is 2.88. The van der Waals surface area contributed by atoms with Crippen LogP contribution in [0.1, 0.15) is 5.56 Å². The lowest BCUT2D eigenvalue weighted by molar-refractivity contribution is 0.0819. The van der Waals surface area contributed by atoms with Crippen molar-refractivity contribution >= 4 is 28.2 Å². The van der Waals surface area contributed by atoms with Crippen LogP contribution in [-0.2, 0) is 9.47 Å². The van der Waals surface area contributed by atoms with Gasteiger partial charge in [0.25, 0.3) is 0 Å². The van der Waals surface area contributed by atoms with Gasteiger partial charge in [0.2, 0.25) is 0 Å². The first-order valence-electron chi connectivity index (χ1n) is 4.88. The fraction of sp³-hybridized carbons (Fsp3) is 0.250. The summed E-state index contributed by atoms with van der Waals surface area (Å²) in [5.41, 5.74) is 0.978. The molecule has 1 rings (SSSR count). The van der Waals surface area contributed by atoms with Gasteiger partial charge in [0.15, 0.2) is 0 Å². The zero-order valence-electron chi connectivity index (χ0n) is 9.60. The lowest BCUT2D eigenvalue weighted by Crippen LogP contribution is -2.03. The summed E-state index contributed by atoms with van der Waals surface area (Å²) in [4.78, 5) is 10.7. The number of hydrogen-bond acceptors (Lipinski definition) is 4. The van der Waals surface area contributed by atoms with Crippen molar-refractivity contribution in [2.75, 3.05) is 20.8 Å². The fourth-order valence-corrected chi connectivity index (χ4v) is 1.70. The van der Waals surface area contributed by atoms with Gasteiger partial charge < -0.3 is 14.2 Å². The average molecular weight is 301 g/mol. The van der Waals surface area contributed by atoms with Crippen molar-refractivity contribution in [1.29, 1.82) is 0 Å². The van der Waals surface area contributed by atoms with Gasteiger partial charge in [-0.1, -0.05) is 12.1 Å². The van der Waals surface area contributed by atoms with Crippen LogP contribution in [0.2, 0.25) is 0 Å². The van der Waals surface area contributed by atoms with Gasteiger partial charge in [0.05, 0.1) is 18.7 Å². The van der Waals surface area contributed by atoms with E-state index in [9.17, 15) is 4.79 Å². The zero-order chi connectivity index (χ0) is 12.7. The molecule has 5 heteroatoms. The molecule has 4 nitrogen and oxygen atoms in total. The molecule has 0 atom stereocenters. The molecule has 0 saturated carbocycles. The highest BCUT2D eigenvalue weighted by Crippen LogP contribution is 2.25. The van der Waals surface area contributed by atoms with E-state index in [1.165, 1.54) is 7.11 Å². The minimum Gasteiger partial charge on any atom is -0.496 e. The number of carbonyl (C=O) groups excluding carboxylic acids is 1. The fourth-order valence-electron chi connectivity index (χ4n) is 1.15. The molecule has 17 heavy (non-hydrogen) atoms. The summed E-state index contributed by atoms with van der Waals surface area (Å²) in [5, 5.41) is 0. The third-order valence-corrected chi connectivity index (χ3v) is 2.57. The molecule has 0 radical (unpaired) electrons. The predicted octanol–water partition coefficient (Wildman–Crippen LogP) is 3.25. The molecule has 0 aliphatic rings. The average Bonchev–Trinajstić information content (AvgIpc) is 2.34. The number of rotatable bonds is 4. The number of carbonyl (C=O) groups is 1. The third-order valence-electron chi connectivity index (χ3n) is 1.95. The molecule has 0 heterocycles. The van der Waals surface area contributed by atoms with Gasteiger partial charge in [-0.25, -0.2) is 4.79 Å². The molecule has 0 spiro atoms. The van der Waals surface area contributed by atoms with Crippen molar-refractivity contribution in [2.24, 2.45) is 0 Å². The van der Waals surface area contributed by atoms with Gasteiger partial charge in [0, 0.05) is 0 Å². The largest absolute Gasteiger partial charge is 0.508 e. The van der Waals surface area contributed by atoms with Gasteiger partial charge in [0.1, 0.15) is 12.4 Å². The maximum Gasteiger partial charge on any atom is 0.508 e. The molecule has 0 N–H and O–H groups in total. The maximum atomic E-state index is 10.7. The summed E-state index contributed by atoms with van der Waals surface area (Å²) in [6.45, 7) is 0.177. The Balaban J connectivity index is 2.54. The van der Waals surface area contributed by atoms with Crippen molar-refractivity contribution < 1.29 is 19.0 Å². The second kappa shape index (κ2) is 6.96. The molecular weight excluding hydrogens is 288 g/mol. The van der Waals surface area contributed by atoms with Crippen molar-refractivity contribution in [1.82, 2.24) is 0 Å². The topological polar surface area (TPSA) is 44.8 Å². The molecule has 0 unspecified atom stereocenters. The van der Waals surface area contributed by atoms with Crippen LogP contribution in [0.3, 0.4) is 0 Å². The second-order valence-electron chi connectivity index (χ2n) is 3.06. The van der Waals surface area contributed by atoms with Crippen LogP contribution < -0.4 is 4.74 Å². The quantitative estimate of drug-likeness (QED) is 0.801. The molecule has 0 bridgehead atoms. The summed E-state index contributed by atoms with van der Waals surface area (Å²) in [7, 11) is 2.88. The van der Waals surface area contributed by atoms with E-state index >= 15 is 0 Å². The van der Waals surface area contributed by atoms with Crippen molar-refractivity contribution in [3.05, 3.63) is 34.3 Å². The van der Waals surface area contributed by atoms with Crippen molar-refractivity contribution in [2.45, 2.75) is 0 Å². The molecule has 0 saturated heterocycles.